The minimum absolute atomic E-state index is 0.800. The summed E-state index contributed by atoms with van der Waals surface area (Å²) in [4.78, 5) is 0. The minimum atomic E-state index is 0.800. The van der Waals surface area contributed by atoms with Crippen molar-refractivity contribution < 1.29 is 9.47 Å². The van der Waals surface area contributed by atoms with E-state index < -0.39 is 0 Å². The molecule has 104 valence electrons. The van der Waals surface area contributed by atoms with Crippen LogP contribution in [-0.4, -0.2) is 40.0 Å². The highest BCUT2D eigenvalue weighted by Gasteiger charge is 1.92. The van der Waals surface area contributed by atoms with Crippen LogP contribution in [-0.2, 0) is 9.47 Å². The van der Waals surface area contributed by atoms with Gasteiger partial charge >= 0.3 is 0 Å². The molecule has 0 atom stereocenters. The molecule has 0 aliphatic rings. The third kappa shape index (κ3) is 15.9. The summed E-state index contributed by atoms with van der Waals surface area (Å²) in [5, 5.41) is 3.33. The topological polar surface area (TPSA) is 30.5 Å². The Hall–Kier alpha value is -0.120. The molecule has 3 heteroatoms. The van der Waals surface area contributed by atoms with E-state index in [-0.39, 0.29) is 0 Å². The fourth-order valence-corrected chi connectivity index (χ4v) is 1.66. The van der Waals surface area contributed by atoms with Gasteiger partial charge in [-0.2, -0.15) is 0 Å². The first kappa shape index (κ1) is 16.9. The Labute approximate surface area is 107 Å². The summed E-state index contributed by atoms with van der Waals surface area (Å²) in [6.07, 6.45) is 8.96. The van der Waals surface area contributed by atoms with Crippen LogP contribution in [0.3, 0.4) is 0 Å². The van der Waals surface area contributed by atoms with Gasteiger partial charge in [-0.25, -0.2) is 0 Å². The van der Waals surface area contributed by atoms with Gasteiger partial charge in [-0.1, -0.05) is 32.6 Å². The van der Waals surface area contributed by atoms with Crippen molar-refractivity contribution in [2.24, 2.45) is 0 Å². The van der Waals surface area contributed by atoms with Crippen LogP contribution in [0, 0.1) is 0 Å². The van der Waals surface area contributed by atoms with E-state index in [0.29, 0.717) is 0 Å². The molecule has 0 heterocycles. The number of unbranched alkanes of at least 4 members (excludes halogenated alkanes) is 5. The van der Waals surface area contributed by atoms with Crippen molar-refractivity contribution in [3.05, 3.63) is 0 Å². The van der Waals surface area contributed by atoms with E-state index in [1.165, 1.54) is 38.5 Å². The zero-order chi connectivity index (χ0) is 12.6. The Morgan fingerprint density at radius 2 is 1.47 bits per heavy atom. The quantitative estimate of drug-likeness (QED) is 0.477. The lowest BCUT2D eigenvalue weighted by molar-refractivity contribution is 0.126. The molecule has 3 nitrogen and oxygen atoms in total. The molecule has 0 unspecified atom stereocenters. The molecule has 0 radical (unpaired) electrons. The van der Waals surface area contributed by atoms with Gasteiger partial charge in [0.25, 0.3) is 0 Å². The number of ether oxygens (including phenoxy) is 2. The van der Waals surface area contributed by atoms with Gasteiger partial charge in [0.15, 0.2) is 0 Å². The number of rotatable bonds is 14. The zero-order valence-electron chi connectivity index (χ0n) is 11.8. The number of hydrogen-bond acceptors (Lipinski definition) is 3. The van der Waals surface area contributed by atoms with Gasteiger partial charge in [-0.05, 0) is 25.8 Å². The van der Waals surface area contributed by atoms with Crippen molar-refractivity contribution in [2.75, 3.05) is 40.0 Å². The van der Waals surface area contributed by atoms with Crippen molar-refractivity contribution >= 4 is 0 Å². The summed E-state index contributed by atoms with van der Waals surface area (Å²) >= 11 is 0. The second kappa shape index (κ2) is 15.9. The number of methoxy groups -OCH3 is 1. The third-order valence-electron chi connectivity index (χ3n) is 2.77. The highest BCUT2D eigenvalue weighted by atomic mass is 16.5. The Kier molecular flexibility index (Phi) is 15.8. The number of hydrogen-bond donors (Lipinski definition) is 1. The molecule has 0 bridgehead atoms. The van der Waals surface area contributed by atoms with Crippen molar-refractivity contribution in [1.29, 1.82) is 0 Å². The minimum Gasteiger partial charge on any atom is -0.383 e. The van der Waals surface area contributed by atoms with E-state index in [9.17, 15) is 0 Å². The van der Waals surface area contributed by atoms with E-state index in [1.54, 1.807) is 7.11 Å². The maximum absolute atomic E-state index is 5.59. The Morgan fingerprint density at radius 1 is 0.765 bits per heavy atom. The smallest absolute Gasteiger partial charge is 0.0587 e. The van der Waals surface area contributed by atoms with Crippen LogP contribution in [0.4, 0.5) is 0 Å². The molecule has 0 aromatic rings. The summed E-state index contributed by atoms with van der Waals surface area (Å²) in [5.41, 5.74) is 0. The predicted octanol–water partition coefficient (Wildman–Crippen LogP) is 2.99. The first-order valence-corrected chi connectivity index (χ1v) is 7.19. The molecule has 0 amide bonds. The van der Waals surface area contributed by atoms with Crippen LogP contribution in [0.25, 0.3) is 0 Å². The maximum Gasteiger partial charge on any atom is 0.0587 e. The first-order chi connectivity index (χ1) is 8.41. The van der Waals surface area contributed by atoms with Crippen molar-refractivity contribution in [3.8, 4) is 0 Å². The second-order valence-corrected chi connectivity index (χ2v) is 4.48. The predicted molar refractivity (Wildman–Crippen MR) is 73.6 cm³/mol. The molecule has 0 aromatic carbocycles. The summed E-state index contributed by atoms with van der Waals surface area (Å²) in [5.74, 6) is 0. The molecule has 0 aliphatic heterocycles. The molecule has 0 spiro atoms. The van der Waals surface area contributed by atoms with Crippen LogP contribution in [0.15, 0.2) is 0 Å². The van der Waals surface area contributed by atoms with E-state index in [0.717, 1.165) is 39.3 Å². The van der Waals surface area contributed by atoms with Crippen LogP contribution < -0.4 is 5.32 Å². The summed E-state index contributed by atoms with van der Waals surface area (Å²) in [7, 11) is 1.73. The lowest BCUT2D eigenvalue weighted by atomic mass is 10.2. The first-order valence-electron chi connectivity index (χ1n) is 7.19. The zero-order valence-corrected chi connectivity index (χ0v) is 11.8. The normalized spacial score (nSPS) is 10.9. The van der Waals surface area contributed by atoms with Gasteiger partial charge in [0.1, 0.15) is 0 Å². The van der Waals surface area contributed by atoms with Crippen LogP contribution >= 0.6 is 0 Å². The molecule has 0 saturated carbocycles. The molecular formula is C14H31NO2. The van der Waals surface area contributed by atoms with Gasteiger partial charge < -0.3 is 14.8 Å². The Balaban J connectivity index is 2.85. The molecular weight excluding hydrogens is 214 g/mol. The lowest BCUT2D eigenvalue weighted by Crippen LogP contribution is -2.20. The van der Waals surface area contributed by atoms with E-state index in [2.05, 4.69) is 12.2 Å². The highest BCUT2D eigenvalue weighted by Crippen LogP contribution is 2.02. The lowest BCUT2D eigenvalue weighted by Gasteiger charge is -2.05. The van der Waals surface area contributed by atoms with Gasteiger partial charge in [-0.15, -0.1) is 0 Å². The monoisotopic (exact) mass is 245 g/mol. The highest BCUT2D eigenvalue weighted by molar-refractivity contribution is 4.47. The van der Waals surface area contributed by atoms with Gasteiger partial charge in [0.05, 0.1) is 6.61 Å². The third-order valence-corrected chi connectivity index (χ3v) is 2.77. The molecule has 17 heavy (non-hydrogen) atoms. The summed E-state index contributed by atoms with van der Waals surface area (Å²) < 4.78 is 10.5. The van der Waals surface area contributed by atoms with E-state index >= 15 is 0 Å². The molecule has 0 aliphatic carbocycles. The Morgan fingerprint density at radius 3 is 2.18 bits per heavy atom. The van der Waals surface area contributed by atoms with Gasteiger partial charge in [0, 0.05) is 26.9 Å². The van der Waals surface area contributed by atoms with Crippen molar-refractivity contribution in [1.82, 2.24) is 5.32 Å². The summed E-state index contributed by atoms with van der Waals surface area (Å²) in [6.45, 7) is 6.93. The molecule has 0 saturated heterocycles. The van der Waals surface area contributed by atoms with Crippen LogP contribution in [0.5, 0.6) is 0 Å². The molecule has 0 fully saturated rings. The van der Waals surface area contributed by atoms with Crippen LogP contribution in [0.2, 0.25) is 0 Å². The van der Waals surface area contributed by atoms with E-state index in [4.69, 9.17) is 9.47 Å². The van der Waals surface area contributed by atoms with Gasteiger partial charge in [-0.3, -0.25) is 0 Å². The number of nitrogens with one attached hydrogen (secondary N) is 1. The SMILES string of the molecule is CCCCCCCOCCCCNCCOC. The maximum atomic E-state index is 5.59. The average molecular weight is 245 g/mol. The van der Waals surface area contributed by atoms with Crippen molar-refractivity contribution in [2.45, 2.75) is 51.9 Å². The van der Waals surface area contributed by atoms with Crippen molar-refractivity contribution in [3.63, 3.8) is 0 Å². The second-order valence-electron chi connectivity index (χ2n) is 4.48. The standard InChI is InChI=1S/C14H31NO2/c1-3-4-5-6-8-12-17-13-9-7-10-15-11-14-16-2/h15H,3-14H2,1-2H3. The largest absolute Gasteiger partial charge is 0.383 e. The molecule has 0 rings (SSSR count). The van der Waals surface area contributed by atoms with Crippen LogP contribution in [0.1, 0.15) is 51.9 Å². The van der Waals surface area contributed by atoms with Gasteiger partial charge in [0.2, 0.25) is 0 Å². The summed E-state index contributed by atoms with van der Waals surface area (Å²) in [6, 6.07) is 0. The Bertz CT molecular complexity index is 117. The fourth-order valence-electron chi connectivity index (χ4n) is 1.66. The fraction of sp³-hybridized carbons (Fsp3) is 1.00. The van der Waals surface area contributed by atoms with E-state index in [1.807, 2.05) is 0 Å². The average Bonchev–Trinajstić information content (AvgIpc) is 2.35. The molecule has 0 aromatic heterocycles. The molecule has 1 N–H and O–H groups in total.